The van der Waals surface area contributed by atoms with Crippen LogP contribution in [0.4, 0.5) is 10.2 Å². The molecule has 2 atom stereocenters. The molecule has 0 radical (unpaired) electrons. The Morgan fingerprint density at radius 3 is 2.86 bits per heavy atom. The number of nitrogens with one attached hydrogen (secondary N) is 2. The zero-order valence-corrected chi connectivity index (χ0v) is 16.6. The van der Waals surface area contributed by atoms with E-state index in [4.69, 9.17) is 0 Å². The first-order chi connectivity index (χ1) is 14.0. The van der Waals surface area contributed by atoms with Crippen molar-refractivity contribution in [1.29, 1.82) is 0 Å². The molecule has 0 saturated heterocycles. The number of amides is 2. The summed E-state index contributed by atoms with van der Waals surface area (Å²) in [6.07, 6.45) is 9.00. The van der Waals surface area contributed by atoms with E-state index in [1.54, 1.807) is 12.3 Å². The van der Waals surface area contributed by atoms with Gasteiger partial charge < -0.3 is 10.6 Å². The van der Waals surface area contributed by atoms with Gasteiger partial charge in [-0.3, -0.25) is 14.3 Å². The molecule has 4 rings (SSSR count). The van der Waals surface area contributed by atoms with Crippen molar-refractivity contribution in [1.82, 2.24) is 20.1 Å². The standard InChI is InChI=1S/C21H26FN5O2/c1-13(28)25-15-6-4-5-14(9-15)21(29)26-20-10-16(18(22)12-23-20)17-11-24-27-8-3-2-7-19(17)27/h10-12,14-15H,2-9H2,1H3,(H,25,28)(H,23,26,29)/t14-,15+/m0/s1. The van der Waals surface area contributed by atoms with Crippen LogP contribution >= 0.6 is 0 Å². The smallest absolute Gasteiger partial charge is 0.228 e. The summed E-state index contributed by atoms with van der Waals surface area (Å²) in [5.41, 5.74) is 2.21. The monoisotopic (exact) mass is 399 g/mol. The highest BCUT2D eigenvalue weighted by molar-refractivity contribution is 5.92. The van der Waals surface area contributed by atoms with Crippen LogP contribution in [-0.4, -0.2) is 32.6 Å². The molecule has 0 spiro atoms. The topological polar surface area (TPSA) is 88.9 Å². The zero-order valence-electron chi connectivity index (χ0n) is 16.6. The van der Waals surface area contributed by atoms with Crippen molar-refractivity contribution in [3.63, 3.8) is 0 Å². The molecule has 0 aromatic carbocycles. The van der Waals surface area contributed by atoms with Gasteiger partial charge in [0.05, 0.1) is 12.4 Å². The molecule has 1 aliphatic carbocycles. The number of hydrogen-bond donors (Lipinski definition) is 2. The summed E-state index contributed by atoms with van der Waals surface area (Å²) in [4.78, 5) is 28.1. The average molecular weight is 399 g/mol. The van der Waals surface area contributed by atoms with Crippen LogP contribution in [0.1, 0.15) is 51.1 Å². The number of halogens is 1. The van der Waals surface area contributed by atoms with E-state index in [0.29, 0.717) is 17.8 Å². The number of aryl methyl sites for hydroxylation is 1. The van der Waals surface area contributed by atoms with Crippen molar-refractivity contribution < 1.29 is 14.0 Å². The number of pyridine rings is 1. The van der Waals surface area contributed by atoms with Crippen LogP contribution in [0.25, 0.3) is 11.1 Å². The van der Waals surface area contributed by atoms with Crippen LogP contribution < -0.4 is 10.6 Å². The van der Waals surface area contributed by atoms with Crippen molar-refractivity contribution in [2.45, 2.75) is 64.5 Å². The minimum Gasteiger partial charge on any atom is -0.354 e. The first-order valence-corrected chi connectivity index (χ1v) is 10.3. The van der Waals surface area contributed by atoms with Gasteiger partial charge in [-0.05, 0) is 44.6 Å². The maximum absolute atomic E-state index is 14.5. The summed E-state index contributed by atoms with van der Waals surface area (Å²) in [5.74, 6) is -0.496. The summed E-state index contributed by atoms with van der Waals surface area (Å²) in [5, 5.41) is 10.1. The van der Waals surface area contributed by atoms with Gasteiger partial charge in [0.15, 0.2) is 0 Å². The zero-order chi connectivity index (χ0) is 20.4. The lowest BCUT2D eigenvalue weighted by atomic mass is 9.85. The molecule has 1 saturated carbocycles. The normalized spacial score (nSPS) is 21.3. The number of carbonyl (C=O) groups is 2. The fourth-order valence-electron chi connectivity index (χ4n) is 4.43. The van der Waals surface area contributed by atoms with E-state index in [2.05, 4.69) is 20.7 Å². The van der Waals surface area contributed by atoms with Gasteiger partial charge in [-0.25, -0.2) is 9.37 Å². The van der Waals surface area contributed by atoms with Gasteiger partial charge in [-0.2, -0.15) is 5.10 Å². The van der Waals surface area contributed by atoms with E-state index in [1.165, 1.54) is 6.92 Å². The predicted octanol–water partition coefficient (Wildman–Crippen LogP) is 3.05. The summed E-state index contributed by atoms with van der Waals surface area (Å²) in [7, 11) is 0. The quantitative estimate of drug-likeness (QED) is 0.827. The number of aromatic nitrogens is 3. The van der Waals surface area contributed by atoms with Gasteiger partial charge >= 0.3 is 0 Å². The van der Waals surface area contributed by atoms with E-state index < -0.39 is 5.82 Å². The van der Waals surface area contributed by atoms with Gasteiger partial charge in [-0.15, -0.1) is 0 Å². The molecule has 1 fully saturated rings. The van der Waals surface area contributed by atoms with E-state index in [0.717, 1.165) is 62.5 Å². The molecule has 29 heavy (non-hydrogen) atoms. The third-order valence-corrected chi connectivity index (χ3v) is 5.83. The third-order valence-electron chi connectivity index (χ3n) is 5.83. The van der Waals surface area contributed by atoms with Crippen LogP contribution in [0.5, 0.6) is 0 Å². The largest absolute Gasteiger partial charge is 0.354 e. The Labute approximate surface area is 169 Å². The third kappa shape index (κ3) is 4.31. The number of hydrogen-bond acceptors (Lipinski definition) is 4. The Morgan fingerprint density at radius 1 is 1.17 bits per heavy atom. The Balaban J connectivity index is 1.50. The second-order valence-electron chi connectivity index (χ2n) is 7.98. The van der Waals surface area contributed by atoms with Crippen molar-refractivity contribution in [2.24, 2.45) is 5.92 Å². The summed E-state index contributed by atoms with van der Waals surface area (Å²) < 4.78 is 16.4. The number of nitrogens with zero attached hydrogens (tertiary/aromatic N) is 3. The van der Waals surface area contributed by atoms with Gasteiger partial charge in [0, 0.05) is 42.2 Å². The Morgan fingerprint density at radius 2 is 2.03 bits per heavy atom. The molecule has 1 aliphatic heterocycles. The number of anilines is 1. The van der Waals surface area contributed by atoms with E-state index in [-0.39, 0.29) is 23.8 Å². The van der Waals surface area contributed by atoms with Crippen LogP contribution in [0.2, 0.25) is 0 Å². The van der Waals surface area contributed by atoms with Crippen LogP contribution in [0.15, 0.2) is 18.5 Å². The molecule has 0 unspecified atom stereocenters. The maximum atomic E-state index is 14.5. The lowest BCUT2D eigenvalue weighted by Crippen LogP contribution is -2.40. The molecule has 3 heterocycles. The number of fused-ring (bicyclic) bond motifs is 1. The second-order valence-corrected chi connectivity index (χ2v) is 7.98. The number of carbonyl (C=O) groups excluding carboxylic acids is 2. The van der Waals surface area contributed by atoms with E-state index in [1.807, 2.05) is 4.68 Å². The predicted molar refractivity (Wildman–Crippen MR) is 107 cm³/mol. The highest BCUT2D eigenvalue weighted by Gasteiger charge is 2.28. The van der Waals surface area contributed by atoms with Gasteiger partial charge in [0.1, 0.15) is 11.6 Å². The molecule has 2 aromatic rings. The van der Waals surface area contributed by atoms with Crippen LogP contribution in [0, 0.1) is 11.7 Å². The summed E-state index contributed by atoms with van der Waals surface area (Å²) in [6, 6.07) is 1.61. The molecule has 7 nitrogen and oxygen atoms in total. The van der Waals surface area contributed by atoms with Crippen molar-refractivity contribution in [2.75, 3.05) is 5.32 Å². The lowest BCUT2D eigenvalue weighted by molar-refractivity contribution is -0.123. The molecule has 2 amide bonds. The fraction of sp³-hybridized carbons (Fsp3) is 0.524. The number of rotatable bonds is 4. The average Bonchev–Trinajstić information content (AvgIpc) is 3.13. The SMILES string of the molecule is CC(=O)N[C@@H]1CCC[C@H](C(=O)Nc2cc(-c3cnn4c3CCCC4)c(F)cn2)C1. The summed E-state index contributed by atoms with van der Waals surface area (Å²) >= 11 is 0. The van der Waals surface area contributed by atoms with Gasteiger partial charge in [0.25, 0.3) is 0 Å². The van der Waals surface area contributed by atoms with E-state index >= 15 is 0 Å². The molecule has 2 aliphatic rings. The molecule has 8 heteroatoms. The maximum Gasteiger partial charge on any atom is 0.228 e. The van der Waals surface area contributed by atoms with Crippen molar-refractivity contribution in [3.8, 4) is 11.1 Å². The van der Waals surface area contributed by atoms with Crippen LogP contribution in [-0.2, 0) is 22.6 Å². The Bertz CT molecular complexity index is 926. The Hall–Kier alpha value is -2.77. The van der Waals surface area contributed by atoms with Crippen molar-refractivity contribution in [3.05, 3.63) is 30.0 Å². The molecular formula is C21H26FN5O2. The lowest BCUT2D eigenvalue weighted by Gasteiger charge is -2.28. The van der Waals surface area contributed by atoms with Gasteiger partial charge in [-0.1, -0.05) is 6.42 Å². The highest BCUT2D eigenvalue weighted by atomic mass is 19.1. The van der Waals surface area contributed by atoms with Crippen LogP contribution in [0.3, 0.4) is 0 Å². The molecule has 2 aromatic heterocycles. The minimum absolute atomic E-state index is 0.0210. The minimum atomic E-state index is -0.423. The molecule has 2 N–H and O–H groups in total. The fourth-order valence-corrected chi connectivity index (χ4v) is 4.43. The first kappa shape index (κ1) is 19.5. The Kier molecular flexibility index (Phi) is 5.60. The van der Waals surface area contributed by atoms with E-state index in [9.17, 15) is 14.0 Å². The highest BCUT2D eigenvalue weighted by Crippen LogP contribution is 2.31. The molecule has 154 valence electrons. The van der Waals surface area contributed by atoms with Crippen molar-refractivity contribution >= 4 is 17.6 Å². The first-order valence-electron chi connectivity index (χ1n) is 10.3. The second kappa shape index (κ2) is 8.31. The molecule has 0 bridgehead atoms. The summed E-state index contributed by atoms with van der Waals surface area (Å²) in [6.45, 7) is 2.34. The molecular weight excluding hydrogens is 373 g/mol. The van der Waals surface area contributed by atoms with Gasteiger partial charge in [0.2, 0.25) is 11.8 Å².